The highest BCUT2D eigenvalue weighted by Crippen LogP contribution is 1.97. The van der Waals surface area contributed by atoms with Crippen LogP contribution < -0.4 is 5.59 Å². The van der Waals surface area contributed by atoms with Gasteiger partial charge in [-0.1, -0.05) is 0 Å². The lowest BCUT2D eigenvalue weighted by Crippen LogP contribution is -2.40. The highest BCUT2D eigenvalue weighted by molar-refractivity contribution is 6.12. The third-order valence-electron chi connectivity index (χ3n) is 0.909. The highest BCUT2D eigenvalue weighted by atomic mass is 16.5. The Morgan fingerprint density at radius 3 is 2.00 bits per heavy atom. The second-order valence-electron chi connectivity index (χ2n) is 1.45. The van der Waals surface area contributed by atoms with Gasteiger partial charge in [0.05, 0.1) is 0 Å². The van der Waals surface area contributed by atoms with Crippen LogP contribution in [0.1, 0.15) is 0 Å². The summed E-state index contributed by atoms with van der Waals surface area (Å²) in [5.74, 6) is -1.13. The van der Waals surface area contributed by atoms with Crippen molar-refractivity contribution in [3.63, 3.8) is 0 Å². The molecule has 5 heteroatoms. The molecule has 1 heterocycles. The van der Waals surface area contributed by atoms with Crippen molar-refractivity contribution >= 4 is 11.8 Å². The van der Waals surface area contributed by atoms with E-state index in [1.807, 2.05) is 0 Å². The Hall–Kier alpha value is -1.20. The first-order valence-corrected chi connectivity index (χ1v) is 2.21. The van der Waals surface area contributed by atoms with E-state index in [0.29, 0.717) is 5.01 Å². The molecule has 0 saturated heterocycles. The van der Waals surface area contributed by atoms with Gasteiger partial charge in [0.15, 0.2) is 0 Å². The fourth-order valence-corrected chi connectivity index (χ4v) is 0.499. The lowest BCUT2D eigenvalue weighted by Gasteiger charge is -2.07. The Morgan fingerprint density at radius 2 is 1.78 bits per heavy atom. The highest BCUT2D eigenvalue weighted by Gasteiger charge is 2.21. The van der Waals surface area contributed by atoms with E-state index < -0.39 is 11.8 Å². The van der Waals surface area contributed by atoms with Crippen molar-refractivity contribution in [3.8, 4) is 0 Å². The topological polar surface area (TPSA) is 69.6 Å². The van der Waals surface area contributed by atoms with Crippen molar-refractivity contribution in [2.75, 3.05) is 0 Å². The van der Waals surface area contributed by atoms with Crippen LogP contribution in [0.5, 0.6) is 0 Å². The molecule has 2 N–H and O–H groups in total. The third-order valence-corrected chi connectivity index (χ3v) is 0.909. The number of rotatable bonds is 1. The predicted octanol–water partition coefficient (Wildman–Crippen LogP) is -1.19. The van der Waals surface area contributed by atoms with Gasteiger partial charge in [-0.2, -0.15) is 5.01 Å². The number of hydrazine groups is 1. The molecule has 0 aromatic carbocycles. The average molecular weight is 128 g/mol. The van der Waals surface area contributed by atoms with Gasteiger partial charge in [0.2, 0.25) is 0 Å². The van der Waals surface area contributed by atoms with Crippen molar-refractivity contribution in [2.45, 2.75) is 0 Å². The summed E-state index contributed by atoms with van der Waals surface area (Å²) in [5, 5.41) is 8.59. The molecule has 0 aromatic rings. The first-order chi connectivity index (χ1) is 4.25. The molecule has 0 saturated carbocycles. The van der Waals surface area contributed by atoms with Gasteiger partial charge in [-0.15, -0.1) is 5.59 Å². The van der Waals surface area contributed by atoms with E-state index in [1.54, 1.807) is 0 Å². The quantitative estimate of drug-likeness (QED) is 0.344. The number of amides is 2. The van der Waals surface area contributed by atoms with Crippen LogP contribution in [0.2, 0.25) is 0 Å². The smallest absolute Gasteiger partial charge is 0.270 e. The zero-order valence-corrected chi connectivity index (χ0v) is 4.37. The Bertz CT molecular complexity index is 168. The zero-order valence-electron chi connectivity index (χ0n) is 4.37. The SMILES string of the molecule is O=C1C=CC(=O)N1NO. The molecule has 1 rings (SSSR count). The van der Waals surface area contributed by atoms with Gasteiger partial charge >= 0.3 is 0 Å². The third kappa shape index (κ3) is 0.823. The molecule has 0 bridgehead atoms. The molecule has 0 unspecified atom stereocenters. The number of nitrogens with zero attached hydrogens (tertiary/aromatic N) is 1. The van der Waals surface area contributed by atoms with Crippen molar-refractivity contribution in [3.05, 3.63) is 12.2 Å². The lowest BCUT2D eigenvalue weighted by molar-refractivity contribution is -0.150. The summed E-state index contributed by atoms with van der Waals surface area (Å²) >= 11 is 0. The molecule has 0 radical (unpaired) electrons. The summed E-state index contributed by atoms with van der Waals surface area (Å²) in [6.07, 6.45) is 2.12. The van der Waals surface area contributed by atoms with Crippen LogP contribution in [0.25, 0.3) is 0 Å². The molecule has 0 atom stereocenters. The molecule has 1 aliphatic heterocycles. The minimum Gasteiger partial charge on any atom is -0.297 e. The Labute approximate surface area is 50.5 Å². The summed E-state index contributed by atoms with van der Waals surface area (Å²) in [6.45, 7) is 0. The van der Waals surface area contributed by atoms with Gasteiger partial charge in [-0.3, -0.25) is 14.8 Å². The molecular weight excluding hydrogens is 124 g/mol. The molecule has 0 spiro atoms. The van der Waals surface area contributed by atoms with Crippen LogP contribution in [0.3, 0.4) is 0 Å². The van der Waals surface area contributed by atoms with Crippen LogP contribution in [-0.2, 0) is 9.59 Å². The first kappa shape index (κ1) is 5.93. The maximum Gasteiger partial charge on any atom is 0.270 e. The normalized spacial score (nSPS) is 17.7. The van der Waals surface area contributed by atoms with E-state index in [0.717, 1.165) is 12.2 Å². The fraction of sp³-hybridized carbons (Fsp3) is 0. The van der Waals surface area contributed by atoms with E-state index in [4.69, 9.17) is 5.21 Å². The van der Waals surface area contributed by atoms with Gasteiger partial charge in [0.1, 0.15) is 0 Å². The zero-order chi connectivity index (χ0) is 6.85. The minimum absolute atomic E-state index is 0.486. The van der Waals surface area contributed by atoms with E-state index in [1.165, 1.54) is 5.59 Å². The summed E-state index contributed by atoms with van der Waals surface area (Å²) in [4.78, 5) is 20.8. The van der Waals surface area contributed by atoms with Crippen molar-refractivity contribution in [1.82, 2.24) is 10.6 Å². The molecule has 48 valence electrons. The van der Waals surface area contributed by atoms with E-state index in [2.05, 4.69) is 0 Å². The van der Waals surface area contributed by atoms with Crippen molar-refractivity contribution in [1.29, 1.82) is 0 Å². The number of hydrogen-bond donors (Lipinski definition) is 2. The van der Waals surface area contributed by atoms with Crippen LogP contribution in [0.15, 0.2) is 12.2 Å². The van der Waals surface area contributed by atoms with Crippen LogP contribution in [0, 0.1) is 0 Å². The maximum atomic E-state index is 10.4. The van der Waals surface area contributed by atoms with Gasteiger partial charge < -0.3 is 0 Å². The number of imide groups is 1. The number of carbonyl (C=O) groups is 2. The van der Waals surface area contributed by atoms with Gasteiger partial charge in [-0.25, -0.2) is 0 Å². The van der Waals surface area contributed by atoms with Gasteiger partial charge in [0.25, 0.3) is 11.8 Å². The molecule has 2 amide bonds. The largest absolute Gasteiger partial charge is 0.297 e. The Balaban J connectivity index is 2.75. The second-order valence-corrected chi connectivity index (χ2v) is 1.45. The number of nitrogens with one attached hydrogen (secondary N) is 1. The molecular formula is C4H4N2O3. The average Bonchev–Trinajstić information content (AvgIpc) is 2.12. The lowest BCUT2D eigenvalue weighted by atomic mass is 10.6. The summed E-state index contributed by atoms with van der Waals surface area (Å²) < 4.78 is 0. The number of hydrogen-bond acceptors (Lipinski definition) is 4. The molecule has 5 nitrogen and oxygen atoms in total. The number of carbonyl (C=O) groups excluding carboxylic acids is 2. The van der Waals surface area contributed by atoms with E-state index in [9.17, 15) is 9.59 Å². The van der Waals surface area contributed by atoms with Crippen LogP contribution in [0.4, 0.5) is 0 Å². The molecule has 0 fully saturated rings. The monoisotopic (exact) mass is 128 g/mol. The van der Waals surface area contributed by atoms with Gasteiger partial charge in [-0.05, 0) is 0 Å². The first-order valence-electron chi connectivity index (χ1n) is 2.21. The summed E-state index contributed by atoms with van der Waals surface area (Å²) in [5.41, 5.74) is 1.44. The molecule has 1 aliphatic rings. The van der Waals surface area contributed by atoms with Crippen molar-refractivity contribution < 1.29 is 14.8 Å². The Kier molecular flexibility index (Phi) is 1.29. The second kappa shape index (κ2) is 1.96. The molecule has 0 aliphatic carbocycles. The van der Waals surface area contributed by atoms with Crippen molar-refractivity contribution in [2.24, 2.45) is 0 Å². The summed E-state index contributed by atoms with van der Waals surface area (Å²) in [6, 6.07) is 0. The molecule has 9 heavy (non-hydrogen) atoms. The Morgan fingerprint density at radius 1 is 1.33 bits per heavy atom. The van der Waals surface area contributed by atoms with Crippen LogP contribution in [-0.4, -0.2) is 22.0 Å². The summed E-state index contributed by atoms with van der Waals surface area (Å²) in [7, 11) is 0. The van der Waals surface area contributed by atoms with E-state index in [-0.39, 0.29) is 0 Å². The van der Waals surface area contributed by atoms with Crippen LogP contribution >= 0.6 is 0 Å². The minimum atomic E-state index is -0.567. The standard InChI is InChI=1S/C4H4N2O3/c7-3-1-2-4(8)6(3)5-9/h1-2,5,9H. The van der Waals surface area contributed by atoms with E-state index >= 15 is 0 Å². The molecule has 0 aromatic heterocycles. The maximum absolute atomic E-state index is 10.4. The fourth-order valence-electron chi connectivity index (χ4n) is 0.499. The van der Waals surface area contributed by atoms with Gasteiger partial charge in [0, 0.05) is 12.2 Å². The predicted molar refractivity (Wildman–Crippen MR) is 25.9 cm³/mol.